The predicted octanol–water partition coefficient (Wildman–Crippen LogP) is 5.14. The first kappa shape index (κ1) is 35.9. The molecule has 0 bridgehead atoms. The summed E-state index contributed by atoms with van der Waals surface area (Å²) in [6.45, 7) is 12.4. The van der Waals surface area contributed by atoms with E-state index in [1.807, 2.05) is 64.1 Å². The van der Waals surface area contributed by atoms with Gasteiger partial charge >= 0.3 is 6.09 Å². The van der Waals surface area contributed by atoms with Crippen molar-refractivity contribution < 1.29 is 32.2 Å². The number of nitrogens with zero attached hydrogens (tertiary/aromatic N) is 3. The number of alkyl carbamates (subject to hydrolysis) is 1. The average molecular weight is 661 g/mol. The normalized spacial score (nSPS) is 22.8. The Morgan fingerprint density at radius 3 is 2.43 bits per heavy atom. The summed E-state index contributed by atoms with van der Waals surface area (Å²) in [6, 6.07) is 13.6. The van der Waals surface area contributed by atoms with E-state index in [0.717, 1.165) is 24.1 Å². The smallest absolute Gasteiger partial charge is 0.408 e. The van der Waals surface area contributed by atoms with Gasteiger partial charge in [-0.2, -0.15) is 0 Å². The molecule has 12 heteroatoms. The van der Waals surface area contributed by atoms with Crippen LogP contribution in [-0.2, 0) is 42.0 Å². The number of amides is 1. The molecule has 11 nitrogen and oxygen atoms in total. The molecule has 2 aliphatic rings. The largest absolute Gasteiger partial charge is 0.444 e. The summed E-state index contributed by atoms with van der Waals surface area (Å²) in [5, 5.41) is 3.10. The van der Waals surface area contributed by atoms with Crippen molar-refractivity contribution in [2.75, 3.05) is 55.4 Å². The number of ether oxygens (including phenoxy) is 4. The van der Waals surface area contributed by atoms with Crippen LogP contribution in [0.4, 0.5) is 16.4 Å². The van der Waals surface area contributed by atoms with E-state index in [1.165, 1.54) is 10.6 Å². The second kappa shape index (κ2) is 15.3. The van der Waals surface area contributed by atoms with Crippen molar-refractivity contribution in [3.63, 3.8) is 0 Å². The zero-order valence-electron chi connectivity index (χ0n) is 28.5. The maximum absolute atomic E-state index is 13.1. The van der Waals surface area contributed by atoms with E-state index in [4.69, 9.17) is 23.9 Å². The van der Waals surface area contributed by atoms with Gasteiger partial charge in [0.05, 0.1) is 26.1 Å². The molecule has 1 aliphatic heterocycles. The van der Waals surface area contributed by atoms with Crippen LogP contribution in [0.1, 0.15) is 65.0 Å². The van der Waals surface area contributed by atoms with Crippen LogP contribution in [0.3, 0.4) is 0 Å². The van der Waals surface area contributed by atoms with E-state index in [2.05, 4.69) is 17.1 Å². The number of pyridine rings is 1. The third-order valence-electron chi connectivity index (χ3n) is 8.34. The van der Waals surface area contributed by atoms with E-state index in [9.17, 15) is 13.2 Å². The Hall–Kier alpha value is -2.93. The highest BCUT2D eigenvalue weighted by atomic mass is 32.2. The second-order valence-electron chi connectivity index (χ2n) is 13.6. The van der Waals surface area contributed by atoms with Crippen molar-refractivity contribution in [2.24, 2.45) is 11.8 Å². The highest BCUT2D eigenvalue weighted by Crippen LogP contribution is 2.39. The Kier molecular flexibility index (Phi) is 12.0. The van der Waals surface area contributed by atoms with Gasteiger partial charge in [0.15, 0.2) is 6.29 Å². The lowest BCUT2D eigenvalue weighted by molar-refractivity contribution is -0.151. The Balaban J connectivity index is 1.66. The van der Waals surface area contributed by atoms with Gasteiger partial charge in [-0.15, -0.1) is 0 Å². The Bertz CT molecular complexity index is 1400. The van der Waals surface area contributed by atoms with Gasteiger partial charge in [0.1, 0.15) is 22.8 Å². The minimum Gasteiger partial charge on any atom is -0.444 e. The minimum atomic E-state index is -3.59. The van der Waals surface area contributed by atoms with Crippen LogP contribution in [0.2, 0.25) is 0 Å². The van der Waals surface area contributed by atoms with Crippen molar-refractivity contribution in [1.29, 1.82) is 0 Å². The summed E-state index contributed by atoms with van der Waals surface area (Å²) in [5.41, 5.74) is 0.222. The average Bonchev–Trinajstić information content (AvgIpc) is 3.54. The lowest BCUT2D eigenvalue weighted by Gasteiger charge is -2.35. The summed E-state index contributed by atoms with van der Waals surface area (Å²) >= 11 is 0. The van der Waals surface area contributed by atoms with Crippen molar-refractivity contribution in [3.8, 4) is 0 Å². The minimum absolute atomic E-state index is 0.113. The number of benzene rings is 1. The quantitative estimate of drug-likeness (QED) is 0.261. The van der Waals surface area contributed by atoms with E-state index in [1.54, 1.807) is 13.2 Å². The fourth-order valence-corrected chi connectivity index (χ4v) is 6.78. The molecule has 1 saturated heterocycles. The standard InChI is InChI=1S/C34H52N4O7S/c1-8-15-38(46(7,40)41)30-21-27(20-29(35-30)37(16-18-42-6)23-28-19-25(28)2)24-44-31-34(14-17-43-31,22-26-12-10-9-11-13-26)36-32(39)45-33(3,4)5/h9-13,20-21,25,28,31H,8,14-19,22-24H2,1-7H3,(H,36,39)/t25-,28+,31?,34?/m0/s1. The molecule has 4 rings (SSSR count). The van der Waals surface area contributed by atoms with Crippen molar-refractivity contribution >= 4 is 27.8 Å². The van der Waals surface area contributed by atoms with Gasteiger partial charge in [0, 0.05) is 33.2 Å². The first-order valence-corrected chi connectivity index (χ1v) is 18.1. The van der Waals surface area contributed by atoms with Crippen LogP contribution >= 0.6 is 0 Å². The summed E-state index contributed by atoms with van der Waals surface area (Å²) in [7, 11) is -1.92. The molecule has 1 aromatic carbocycles. The molecule has 1 amide bonds. The van der Waals surface area contributed by atoms with Gasteiger partial charge in [-0.05, 0) is 75.1 Å². The number of methoxy groups -OCH3 is 1. The summed E-state index contributed by atoms with van der Waals surface area (Å²) in [5.74, 6) is 2.21. The number of carbonyl (C=O) groups is 1. The zero-order chi connectivity index (χ0) is 33.5. The van der Waals surface area contributed by atoms with Crippen molar-refractivity contribution in [2.45, 2.75) is 84.3 Å². The Morgan fingerprint density at radius 1 is 1.13 bits per heavy atom. The maximum atomic E-state index is 13.1. The van der Waals surface area contributed by atoms with Crippen molar-refractivity contribution in [1.82, 2.24) is 10.3 Å². The molecule has 256 valence electrons. The summed E-state index contributed by atoms with van der Waals surface area (Å²) < 4.78 is 50.8. The molecule has 4 atom stereocenters. The highest BCUT2D eigenvalue weighted by Gasteiger charge is 2.47. The maximum Gasteiger partial charge on any atom is 0.408 e. The molecule has 2 unspecified atom stereocenters. The monoisotopic (exact) mass is 660 g/mol. The number of hydrogen-bond donors (Lipinski definition) is 1. The van der Waals surface area contributed by atoms with Crippen LogP contribution in [0.5, 0.6) is 0 Å². The van der Waals surface area contributed by atoms with E-state index in [-0.39, 0.29) is 6.61 Å². The molecule has 1 aromatic heterocycles. The van der Waals surface area contributed by atoms with E-state index < -0.39 is 33.5 Å². The lowest BCUT2D eigenvalue weighted by Crippen LogP contribution is -2.57. The molecule has 1 saturated carbocycles. The van der Waals surface area contributed by atoms with Crippen LogP contribution in [0, 0.1) is 11.8 Å². The predicted molar refractivity (Wildman–Crippen MR) is 179 cm³/mol. The van der Waals surface area contributed by atoms with Gasteiger partial charge in [0.2, 0.25) is 10.0 Å². The molecule has 2 aromatic rings. The third kappa shape index (κ3) is 10.0. The molecular weight excluding hydrogens is 608 g/mol. The number of hydrogen-bond acceptors (Lipinski definition) is 9. The van der Waals surface area contributed by atoms with Crippen molar-refractivity contribution in [3.05, 3.63) is 53.6 Å². The molecule has 1 N–H and O–H groups in total. The second-order valence-corrected chi connectivity index (χ2v) is 15.6. The van der Waals surface area contributed by atoms with Gasteiger partial charge in [-0.3, -0.25) is 4.31 Å². The third-order valence-corrected chi connectivity index (χ3v) is 9.51. The number of anilines is 2. The number of aromatic nitrogens is 1. The van der Waals surface area contributed by atoms with Gasteiger partial charge in [-0.1, -0.05) is 44.2 Å². The molecule has 46 heavy (non-hydrogen) atoms. The number of sulfonamides is 1. The highest BCUT2D eigenvalue weighted by molar-refractivity contribution is 7.92. The van der Waals surface area contributed by atoms with Crippen LogP contribution in [-0.4, -0.2) is 83.1 Å². The fourth-order valence-electron chi connectivity index (χ4n) is 5.83. The Morgan fingerprint density at radius 2 is 1.83 bits per heavy atom. The zero-order valence-corrected chi connectivity index (χ0v) is 29.3. The first-order chi connectivity index (χ1) is 21.7. The summed E-state index contributed by atoms with van der Waals surface area (Å²) in [6.07, 6.45) is 2.67. The van der Waals surface area contributed by atoms with E-state index in [0.29, 0.717) is 69.0 Å². The lowest BCUT2D eigenvalue weighted by atomic mass is 9.88. The number of rotatable bonds is 16. The van der Waals surface area contributed by atoms with Crippen LogP contribution in [0.15, 0.2) is 42.5 Å². The molecule has 0 spiro atoms. The van der Waals surface area contributed by atoms with E-state index >= 15 is 0 Å². The molecule has 0 radical (unpaired) electrons. The molecule has 1 aliphatic carbocycles. The molecular formula is C34H52N4O7S. The SMILES string of the molecule is CCCN(c1cc(COC2OCCC2(Cc2ccccc2)NC(=O)OC(C)(C)C)cc(N(CCOC)C[C@H]2C[C@@H]2C)n1)S(C)(=O)=O. The first-order valence-electron chi connectivity index (χ1n) is 16.2. The Labute approximate surface area is 275 Å². The fraction of sp³-hybridized carbons (Fsp3) is 0.647. The van der Waals surface area contributed by atoms with Crippen LogP contribution in [0.25, 0.3) is 0 Å². The molecule has 2 fully saturated rings. The van der Waals surface area contributed by atoms with Crippen LogP contribution < -0.4 is 14.5 Å². The number of nitrogens with one attached hydrogen (secondary N) is 1. The number of carbonyl (C=O) groups excluding carboxylic acids is 1. The topological polar surface area (TPSA) is 120 Å². The van der Waals surface area contributed by atoms with Gasteiger partial charge in [-0.25, -0.2) is 18.2 Å². The summed E-state index contributed by atoms with van der Waals surface area (Å²) in [4.78, 5) is 20.1. The molecule has 2 heterocycles. The van der Waals surface area contributed by atoms with Gasteiger partial charge < -0.3 is 29.2 Å². The van der Waals surface area contributed by atoms with Gasteiger partial charge in [0.25, 0.3) is 0 Å².